The van der Waals surface area contributed by atoms with Crippen LogP contribution in [0.15, 0.2) is 36.7 Å². The van der Waals surface area contributed by atoms with Crippen molar-refractivity contribution in [2.75, 3.05) is 18.5 Å². The molecule has 26 heavy (non-hydrogen) atoms. The van der Waals surface area contributed by atoms with Crippen LogP contribution in [0.5, 0.6) is 5.75 Å². The first-order valence-electron chi connectivity index (χ1n) is 8.39. The molecule has 4 rings (SSSR count). The first-order chi connectivity index (χ1) is 12.5. The first-order valence-corrected chi connectivity index (χ1v) is 8.77. The van der Waals surface area contributed by atoms with Gasteiger partial charge in [0, 0.05) is 34.1 Å². The minimum absolute atomic E-state index is 0.00338. The van der Waals surface area contributed by atoms with E-state index in [0.29, 0.717) is 35.3 Å². The number of anilines is 1. The van der Waals surface area contributed by atoms with Gasteiger partial charge < -0.3 is 15.2 Å². The van der Waals surface area contributed by atoms with Crippen molar-refractivity contribution in [3.63, 3.8) is 0 Å². The molecular formula is C19H19ClN4O2. The predicted octanol–water partition coefficient (Wildman–Crippen LogP) is 3.89. The number of fused-ring (bicyclic) bond motifs is 1. The van der Waals surface area contributed by atoms with Crippen molar-refractivity contribution in [2.24, 2.45) is 5.41 Å². The van der Waals surface area contributed by atoms with Crippen molar-refractivity contribution in [1.29, 1.82) is 0 Å². The van der Waals surface area contributed by atoms with Crippen molar-refractivity contribution in [3.05, 3.63) is 41.7 Å². The second-order valence-corrected chi connectivity index (χ2v) is 7.59. The summed E-state index contributed by atoms with van der Waals surface area (Å²) in [6.45, 7) is 5.64. The van der Waals surface area contributed by atoms with Gasteiger partial charge in [0.25, 0.3) is 0 Å². The largest absolute Gasteiger partial charge is 0.508 e. The van der Waals surface area contributed by atoms with E-state index < -0.39 is 0 Å². The van der Waals surface area contributed by atoms with E-state index in [1.807, 2.05) is 6.07 Å². The minimum Gasteiger partial charge on any atom is -0.508 e. The molecule has 1 fully saturated rings. The van der Waals surface area contributed by atoms with E-state index in [2.05, 4.69) is 34.3 Å². The summed E-state index contributed by atoms with van der Waals surface area (Å²) in [5.74, 6) is 0.789. The number of nitrogens with one attached hydrogen (secondary N) is 1. The molecule has 0 spiro atoms. The molecule has 134 valence electrons. The quantitative estimate of drug-likeness (QED) is 0.728. The molecule has 1 aliphatic rings. The molecule has 3 heterocycles. The van der Waals surface area contributed by atoms with Gasteiger partial charge in [0.2, 0.25) is 0 Å². The molecule has 1 aromatic carbocycles. The summed E-state index contributed by atoms with van der Waals surface area (Å²) in [5, 5.41) is 24.3. The normalized spacial score (nSPS) is 19.0. The molecule has 1 atom stereocenters. The van der Waals surface area contributed by atoms with Gasteiger partial charge in [-0.3, -0.25) is 4.98 Å². The lowest BCUT2D eigenvalue weighted by molar-refractivity contribution is 0.167. The van der Waals surface area contributed by atoms with Gasteiger partial charge in [0.15, 0.2) is 5.82 Å². The fourth-order valence-electron chi connectivity index (χ4n) is 3.17. The number of nitrogens with zero attached hydrogens (tertiary/aromatic N) is 3. The van der Waals surface area contributed by atoms with Crippen LogP contribution in [0.25, 0.3) is 22.0 Å². The molecule has 3 aromatic rings. The van der Waals surface area contributed by atoms with Crippen molar-refractivity contribution < 1.29 is 9.84 Å². The maximum Gasteiger partial charge on any atom is 0.158 e. The molecule has 1 saturated heterocycles. The summed E-state index contributed by atoms with van der Waals surface area (Å²) in [6, 6.07) is 6.79. The Balaban J connectivity index is 1.83. The molecule has 0 bridgehead atoms. The lowest BCUT2D eigenvalue weighted by Crippen LogP contribution is -2.35. The Morgan fingerprint density at radius 1 is 1.23 bits per heavy atom. The van der Waals surface area contributed by atoms with Gasteiger partial charge in [0.05, 0.1) is 24.3 Å². The lowest BCUT2D eigenvalue weighted by atomic mass is 9.88. The second-order valence-electron chi connectivity index (χ2n) is 7.18. The van der Waals surface area contributed by atoms with E-state index in [9.17, 15) is 5.11 Å². The van der Waals surface area contributed by atoms with E-state index in [1.54, 1.807) is 30.6 Å². The lowest BCUT2D eigenvalue weighted by Gasteiger charge is -2.26. The number of hydrogen-bond donors (Lipinski definition) is 2. The van der Waals surface area contributed by atoms with Crippen molar-refractivity contribution in [3.8, 4) is 17.0 Å². The summed E-state index contributed by atoms with van der Waals surface area (Å²) < 4.78 is 5.61. The molecule has 1 aliphatic heterocycles. The zero-order valence-corrected chi connectivity index (χ0v) is 15.3. The molecule has 0 saturated carbocycles. The first kappa shape index (κ1) is 17.0. The number of phenols is 1. The van der Waals surface area contributed by atoms with Crippen LogP contribution >= 0.6 is 11.6 Å². The van der Waals surface area contributed by atoms with Crippen LogP contribution in [0.4, 0.5) is 5.82 Å². The third-order valence-electron chi connectivity index (χ3n) is 4.80. The molecule has 0 unspecified atom stereocenters. The SMILES string of the molecule is CC1(C)COC[C@H]1Nc1nnc(-c2cc(O)ccc2Cl)c2ccncc12. The highest BCUT2D eigenvalue weighted by atomic mass is 35.5. The summed E-state index contributed by atoms with van der Waals surface area (Å²) in [6.07, 6.45) is 3.46. The van der Waals surface area contributed by atoms with E-state index in [-0.39, 0.29) is 17.2 Å². The number of phenolic OH excluding ortho intramolecular Hbond substituents is 1. The second kappa shape index (κ2) is 6.37. The monoisotopic (exact) mass is 370 g/mol. The number of ether oxygens (including phenoxy) is 1. The third kappa shape index (κ3) is 2.95. The fourth-order valence-corrected chi connectivity index (χ4v) is 3.37. The average molecular weight is 371 g/mol. The Kier molecular flexibility index (Phi) is 4.17. The van der Waals surface area contributed by atoms with Gasteiger partial charge >= 0.3 is 0 Å². The van der Waals surface area contributed by atoms with E-state index in [0.717, 1.165) is 10.8 Å². The Morgan fingerprint density at radius 2 is 2.08 bits per heavy atom. The van der Waals surface area contributed by atoms with Crippen LogP contribution in [0, 0.1) is 5.41 Å². The highest BCUT2D eigenvalue weighted by Gasteiger charge is 2.36. The minimum atomic E-state index is 0.00338. The fraction of sp³-hybridized carbons (Fsp3) is 0.316. The van der Waals surface area contributed by atoms with Crippen molar-refractivity contribution in [1.82, 2.24) is 15.2 Å². The Morgan fingerprint density at radius 3 is 2.85 bits per heavy atom. The zero-order chi connectivity index (χ0) is 18.3. The van der Waals surface area contributed by atoms with Gasteiger partial charge in [0.1, 0.15) is 11.4 Å². The van der Waals surface area contributed by atoms with E-state index in [4.69, 9.17) is 16.3 Å². The molecule has 6 nitrogen and oxygen atoms in total. The number of halogens is 1. The number of rotatable bonds is 3. The summed E-state index contributed by atoms with van der Waals surface area (Å²) in [7, 11) is 0. The van der Waals surface area contributed by atoms with Crippen LogP contribution in [0.1, 0.15) is 13.8 Å². The number of pyridine rings is 1. The standard InChI is InChI=1S/C19H19ClN4O2/c1-19(2)10-26-9-16(19)22-18-14-8-21-6-5-12(14)17(23-24-18)13-7-11(25)3-4-15(13)20/h3-8,16,25H,9-10H2,1-2H3,(H,22,24)/t16-/m1/s1. The molecule has 0 radical (unpaired) electrons. The maximum atomic E-state index is 9.83. The highest BCUT2D eigenvalue weighted by Crippen LogP contribution is 2.36. The molecule has 7 heteroatoms. The van der Waals surface area contributed by atoms with Crippen LogP contribution in [0.3, 0.4) is 0 Å². The van der Waals surface area contributed by atoms with Crippen molar-refractivity contribution in [2.45, 2.75) is 19.9 Å². The third-order valence-corrected chi connectivity index (χ3v) is 5.13. The van der Waals surface area contributed by atoms with Crippen LogP contribution < -0.4 is 5.32 Å². The predicted molar refractivity (Wildman–Crippen MR) is 101 cm³/mol. The Bertz CT molecular complexity index is 977. The van der Waals surface area contributed by atoms with Gasteiger partial charge in [-0.1, -0.05) is 25.4 Å². The number of aromatic hydroxyl groups is 1. The summed E-state index contributed by atoms with van der Waals surface area (Å²) in [5.41, 5.74) is 1.24. The number of aromatic nitrogens is 3. The molecule has 2 aromatic heterocycles. The summed E-state index contributed by atoms with van der Waals surface area (Å²) in [4.78, 5) is 4.24. The van der Waals surface area contributed by atoms with Crippen LogP contribution in [-0.4, -0.2) is 39.5 Å². The smallest absolute Gasteiger partial charge is 0.158 e. The molecule has 0 amide bonds. The molecular weight excluding hydrogens is 352 g/mol. The van der Waals surface area contributed by atoms with E-state index >= 15 is 0 Å². The summed E-state index contributed by atoms with van der Waals surface area (Å²) >= 11 is 6.32. The van der Waals surface area contributed by atoms with Gasteiger partial charge in [-0.05, 0) is 24.3 Å². The maximum absolute atomic E-state index is 9.83. The molecule has 0 aliphatic carbocycles. The van der Waals surface area contributed by atoms with Crippen LogP contribution in [-0.2, 0) is 4.74 Å². The van der Waals surface area contributed by atoms with Gasteiger partial charge in [-0.25, -0.2) is 0 Å². The topological polar surface area (TPSA) is 80.2 Å². The average Bonchev–Trinajstić information content (AvgIpc) is 2.96. The highest BCUT2D eigenvalue weighted by molar-refractivity contribution is 6.33. The Labute approximate surface area is 156 Å². The number of benzene rings is 1. The van der Waals surface area contributed by atoms with Gasteiger partial charge in [-0.2, -0.15) is 0 Å². The van der Waals surface area contributed by atoms with Gasteiger partial charge in [-0.15, -0.1) is 10.2 Å². The molecule has 2 N–H and O–H groups in total. The van der Waals surface area contributed by atoms with Crippen LogP contribution in [0.2, 0.25) is 5.02 Å². The van der Waals surface area contributed by atoms with Crippen molar-refractivity contribution >= 4 is 28.2 Å². The zero-order valence-electron chi connectivity index (χ0n) is 14.5. The van der Waals surface area contributed by atoms with E-state index in [1.165, 1.54) is 0 Å². The number of hydrogen-bond acceptors (Lipinski definition) is 6. The Hall–Kier alpha value is -2.44.